The van der Waals surface area contributed by atoms with Gasteiger partial charge in [0.2, 0.25) is 0 Å². The van der Waals surface area contributed by atoms with Gasteiger partial charge >= 0.3 is 0 Å². The standard InChI is InChI=1S/C8H16N2O/c1-2-10-11-7-8-3-5-9-6-4-8/h2,8-9H,3-7H2,1H3. The Hall–Kier alpha value is -0.570. The fourth-order valence-corrected chi connectivity index (χ4v) is 1.27. The van der Waals surface area contributed by atoms with Crippen molar-refractivity contribution in [1.29, 1.82) is 0 Å². The van der Waals surface area contributed by atoms with Crippen molar-refractivity contribution >= 4 is 6.21 Å². The van der Waals surface area contributed by atoms with Crippen LogP contribution in [-0.2, 0) is 4.84 Å². The predicted molar refractivity (Wildman–Crippen MR) is 45.7 cm³/mol. The van der Waals surface area contributed by atoms with Gasteiger partial charge in [0.25, 0.3) is 0 Å². The highest BCUT2D eigenvalue weighted by Gasteiger charge is 2.12. The van der Waals surface area contributed by atoms with Crippen molar-refractivity contribution in [2.75, 3.05) is 19.7 Å². The van der Waals surface area contributed by atoms with E-state index in [0.717, 1.165) is 19.7 Å². The van der Waals surface area contributed by atoms with E-state index in [-0.39, 0.29) is 0 Å². The van der Waals surface area contributed by atoms with Crippen LogP contribution in [0.25, 0.3) is 0 Å². The van der Waals surface area contributed by atoms with E-state index in [9.17, 15) is 0 Å². The van der Waals surface area contributed by atoms with Gasteiger partial charge in [0.1, 0.15) is 6.61 Å². The van der Waals surface area contributed by atoms with Gasteiger partial charge in [0.05, 0.1) is 0 Å². The molecule has 1 aliphatic heterocycles. The van der Waals surface area contributed by atoms with E-state index in [1.165, 1.54) is 12.8 Å². The van der Waals surface area contributed by atoms with E-state index in [1.807, 2.05) is 6.92 Å². The molecule has 1 rings (SSSR count). The van der Waals surface area contributed by atoms with Crippen LogP contribution in [0.2, 0.25) is 0 Å². The summed E-state index contributed by atoms with van der Waals surface area (Å²) in [4.78, 5) is 5.06. The van der Waals surface area contributed by atoms with E-state index in [2.05, 4.69) is 10.5 Å². The molecule has 3 nitrogen and oxygen atoms in total. The molecule has 1 heterocycles. The molecule has 0 aromatic heterocycles. The van der Waals surface area contributed by atoms with Crippen LogP contribution in [0.1, 0.15) is 19.8 Å². The number of nitrogens with one attached hydrogen (secondary N) is 1. The molecule has 1 saturated heterocycles. The first-order valence-electron chi connectivity index (χ1n) is 4.24. The largest absolute Gasteiger partial charge is 0.396 e. The highest BCUT2D eigenvalue weighted by Crippen LogP contribution is 2.11. The Kier molecular flexibility index (Phi) is 3.98. The molecule has 3 heteroatoms. The molecule has 0 spiro atoms. The Balaban J connectivity index is 2.04. The summed E-state index contributed by atoms with van der Waals surface area (Å²) in [5.74, 6) is 0.708. The molecule has 1 aliphatic rings. The molecule has 0 saturated carbocycles. The first-order chi connectivity index (χ1) is 5.43. The average Bonchev–Trinajstić information content (AvgIpc) is 2.07. The van der Waals surface area contributed by atoms with Gasteiger partial charge in [-0.2, -0.15) is 0 Å². The molecule has 0 unspecified atom stereocenters. The topological polar surface area (TPSA) is 33.6 Å². The summed E-state index contributed by atoms with van der Waals surface area (Å²) in [6.45, 7) is 4.90. The van der Waals surface area contributed by atoms with Crippen LogP contribution in [0.15, 0.2) is 5.16 Å². The van der Waals surface area contributed by atoms with E-state index in [0.29, 0.717) is 5.92 Å². The van der Waals surface area contributed by atoms with E-state index >= 15 is 0 Å². The normalized spacial score (nSPS) is 20.8. The smallest absolute Gasteiger partial charge is 0.120 e. The minimum Gasteiger partial charge on any atom is -0.396 e. The van der Waals surface area contributed by atoms with Crippen LogP contribution in [0.4, 0.5) is 0 Å². The van der Waals surface area contributed by atoms with Gasteiger partial charge in [-0.3, -0.25) is 0 Å². The lowest BCUT2D eigenvalue weighted by Crippen LogP contribution is -2.29. The molecule has 0 aromatic carbocycles. The molecular formula is C8H16N2O. The Labute approximate surface area is 67.8 Å². The lowest BCUT2D eigenvalue weighted by atomic mass is 10.00. The monoisotopic (exact) mass is 156 g/mol. The Bertz CT molecular complexity index is 119. The van der Waals surface area contributed by atoms with E-state index in [1.54, 1.807) is 6.21 Å². The third-order valence-electron chi connectivity index (χ3n) is 1.95. The summed E-state index contributed by atoms with van der Waals surface area (Å²) in [5.41, 5.74) is 0. The molecule has 11 heavy (non-hydrogen) atoms. The van der Waals surface area contributed by atoms with Crippen LogP contribution < -0.4 is 5.32 Å². The molecule has 0 atom stereocenters. The molecule has 1 N–H and O–H groups in total. The summed E-state index contributed by atoms with van der Waals surface area (Å²) in [6.07, 6.45) is 4.12. The molecule has 0 radical (unpaired) electrons. The van der Waals surface area contributed by atoms with Gasteiger partial charge in [-0.15, -0.1) is 0 Å². The van der Waals surface area contributed by atoms with Gasteiger partial charge in [0.15, 0.2) is 0 Å². The third-order valence-corrected chi connectivity index (χ3v) is 1.95. The van der Waals surface area contributed by atoms with E-state index in [4.69, 9.17) is 4.84 Å². The summed E-state index contributed by atoms with van der Waals surface area (Å²) in [6, 6.07) is 0. The lowest BCUT2D eigenvalue weighted by molar-refractivity contribution is 0.0954. The van der Waals surface area contributed by atoms with Gasteiger partial charge in [-0.25, -0.2) is 0 Å². The number of oxime groups is 1. The van der Waals surface area contributed by atoms with Crippen LogP contribution in [-0.4, -0.2) is 25.9 Å². The number of hydrogen-bond acceptors (Lipinski definition) is 3. The predicted octanol–water partition coefficient (Wildman–Crippen LogP) is 1.01. The Morgan fingerprint density at radius 3 is 2.91 bits per heavy atom. The zero-order valence-electron chi connectivity index (χ0n) is 7.05. The minimum absolute atomic E-state index is 0.708. The number of piperidine rings is 1. The molecule has 1 fully saturated rings. The maximum Gasteiger partial charge on any atom is 0.120 e. The Morgan fingerprint density at radius 2 is 2.27 bits per heavy atom. The minimum atomic E-state index is 0.708. The summed E-state index contributed by atoms with van der Waals surface area (Å²) < 4.78 is 0. The highest BCUT2D eigenvalue weighted by atomic mass is 16.6. The second kappa shape index (κ2) is 5.13. The SMILES string of the molecule is CC=NOCC1CCNCC1. The quantitative estimate of drug-likeness (QED) is 0.488. The zero-order chi connectivity index (χ0) is 7.94. The number of rotatable bonds is 3. The molecule has 0 amide bonds. The van der Waals surface area contributed by atoms with Crippen LogP contribution in [0.3, 0.4) is 0 Å². The molecule has 0 aromatic rings. The Morgan fingerprint density at radius 1 is 1.55 bits per heavy atom. The van der Waals surface area contributed by atoms with Gasteiger partial charge in [-0.1, -0.05) is 5.16 Å². The highest BCUT2D eigenvalue weighted by molar-refractivity contribution is 5.52. The summed E-state index contributed by atoms with van der Waals surface area (Å²) in [5, 5.41) is 7.03. The zero-order valence-corrected chi connectivity index (χ0v) is 7.05. The molecule has 0 aliphatic carbocycles. The van der Waals surface area contributed by atoms with Crippen molar-refractivity contribution in [2.24, 2.45) is 11.1 Å². The third kappa shape index (κ3) is 3.37. The number of hydrogen-bond donors (Lipinski definition) is 1. The first kappa shape index (κ1) is 8.53. The maximum absolute atomic E-state index is 5.06. The maximum atomic E-state index is 5.06. The fraction of sp³-hybridized carbons (Fsp3) is 0.875. The van der Waals surface area contributed by atoms with Gasteiger partial charge < -0.3 is 10.2 Å². The van der Waals surface area contributed by atoms with E-state index < -0.39 is 0 Å². The van der Waals surface area contributed by atoms with Crippen molar-refractivity contribution in [1.82, 2.24) is 5.32 Å². The van der Waals surface area contributed by atoms with Crippen molar-refractivity contribution < 1.29 is 4.84 Å². The second-order valence-corrected chi connectivity index (χ2v) is 2.85. The van der Waals surface area contributed by atoms with Crippen molar-refractivity contribution in [3.05, 3.63) is 0 Å². The van der Waals surface area contributed by atoms with Crippen molar-refractivity contribution in [3.63, 3.8) is 0 Å². The van der Waals surface area contributed by atoms with Crippen molar-refractivity contribution in [2.45, 2.75) is 19.8 Å². The lowest BCUT2D eigenvalue weighted by Gasteiger charge is -2.20. The van der Waals surface area contributed by atoms with Gasteiger partial charge in [-0.05, 0) is 38.8 Å². The van der Waals surface area contributed by atoms with Crippen molar-refractivity contribution in [3.8, 4) is 0 Å². The molecular weight excluding hydrogens is 140 g/mol. The first-order valence-corrected chi connectivity index (χ1v) is 4.24. The van der Waals surface area contributed by atoms with Gasteiger partial charge in [0, 0.05) is 6.21 Å². The number of nitrogens with zero attached hydrogens (tertiary/aromatic N) is 1. The van der Waals surface area contributed by atoms with Crippen LogP contribution in [0, 0.1) is 5.92 Å². The summed E-state index contributed by atoms with van der Waals surface area (Å²) in [7, 11) is 0. The summed E-state index contributed by atoms with van der Waals surface area (Å²) >= 11 is 0. The van der Waals surface area contributed by atoms with Crippen LogP contribution >= 0.6 is 0 Å². The fourth-order valence-electron chi connectivity index (χ4n) is 1.27. The van der Waals surface area contributed by atoms with Crippen LogP contribution in [0.5, 0.6) is 0 Å². The average molecular weight is 156 g/mol. The molecule has 0 bridgehead atoms. The second-order valence-electron chi connectivity index (χ2n) is 2.85. The molecule has 64 valence electrons.